The molecule has 0 saturated carbocycles. The lowest BCUT2D eigenvalue weighted by molar-refractivity contribution is 0.570. The zero-order valence-corrected chi connectivity index (χ0v) is 8.80. The molecule has 0 aliphatic rings. The van der Waals surface area contributed by atoms with Crippen molar-refractivity contribution in [2.75, 3.05) is 5.75 Å². The second kappa shape index (κ2) is 5.95. The largest absolute Gasteiger partial charge is 0.355 e. The van der Waals surface area contributed by atoms with Crippen LogP contribution in [0.3, 0.4) is 0 Å². The van der Waals surface area contributed by atoms with E-state index in [1.807, 2.05) is 30.3 Å². The Labute approximate surface area is 83.4 Å². The molecule has 0 unspecified atom stereocenters. The van der Waals surface area contributed by atoms with Crippen LogP contribution in [0.2, 0.25) is 0 Å². The monoisotopic (exact) mass is 196 g/mol. The molecule has 0 bridgehead atoms. The minimum Gasteiger partial charge on any atom is -0.355 e. The summed E-state index contributed by atoms with van der Waals surface area (Å²) in [4.78, 5) is 0. The van der Waals surface area contributed by atoms with Crippen LogP contribution in [0.1, 0.15) is 25.3 Å². The Morgan fingerprint density at radius 2 is 2.00 bits per heavy atom. The molecule has 1 rings (SSSR count). The summed E-state index contributed by atoms with van der Waals surface area (Å²) in [5.74, 6) is 1.05. The topological polar surface area (TPSA) is 20.2 Å². The van der Waals surface area contributed by atoms with Crippen LogP contribution in [0.15, 0.2) is 30.3 Å². The van der Waals surface area contributed by atoms with E-state index in [0.717, 1.165) is 22.7 Å². The molecule has 2 heteroatoms. The molecule has 0 saturated heterocycles. The summed E-state index contributed by atoms with van der Waals surface area (Å²) < 4.78 is 0. The third kappa shape index (κ3) is 3.75. The molecule has 0 heterocycles. The Morgan fingerprint density at radius 1 is 1.31 bits per heavy atom. The van der Waals surface area contributed by atoms with Crippen molar-refractivity contribution in [2.24, 2.45) is 0 Å². The van der Waals surface area contributed by atoms with Crippen molar-refractivity contribution in [3.63, 3.8) is 0 Å². The molecule has 0 aromatic heterocycles. The van der Waals surface area contributed by atoms with Gasteiger partial charge in [-0.15, -0.1) is 0 Å². The molecule has 0 aliphatic heterocycles. The third-order valence-corrected chi connectivity index (χ3v) is 2.90. The van der Waals surface area contributed by atoms with E-state index in [9.17, 15) is 5.11 Å². The summed E-state index contributed by atoms with van der Waals surface area (Å²) in [5.41, 5.74) is 0.945. The SMILES string of the molecule is CCCC[SH]=C(O)c1ccccc1. The minimum absolute atomic E-state index is 0.494. The number of unbranched alkanes of at least 4 members (excludes halogenated alkanes) is 1. The van der Waals surface area contributed by atoms with Crippen LogP contribution in [-0.4, -0.2) is 15.9 Å². The maximum Gasteiger partial charge on any atom is 0.1000 e. The summed E-state index contributed by atoms with van der Waals surface area (Å²) >= 11 is 1.04. The number of aliphatic hydroxyl groups excluding tert-OH is 1. The third-order valence-electron chi connectivity index (χ3n) is 1.81. The van der Waals surface area contributed by atoms with E-state index >= 15 is 0 Å². The molecule has 1 aromatic rings. The lowest BCUT2D eigenvalue weighted by Crippen LogP contribution is -1.95. The minimum atomic E-state index is 0.494. The van der Waals surface area contributed by atoms with Gasteiger partial charge >= 0.3 is 0 Å². The molecule has 0 aliphatic carbocycles. The molecule has 0 amide bonds. The number of hydrogen-bond donors (Lipinski definition) is 2. The first-order valence-electron chi connectivity index (χ1n) is 4.63. The van der Waals surface area contributed by atoms with Gasteiger partial charge in [0.1, 0.15) is 0 Å². The van der Waals surface area contributed by atoms with Crippen molar-refractivity contribution in [3.8, 4) is 0 Å². The van der Waals surface area contributed by atoms with Gasteiger partial charge in [0.25, 0.3) is 0 Å². The van der Waals surface area contributed by atoms with Crippen LogP contribution >= 0.6 is 11.4 Å². The molecular weight excluding hydrogens is 180 g/mol. The van der Waals surface area contributed by atoms with Gasteiger partial charge in [-0.2, -0.15) is 11.4 Å². The summed E-state index contributed by atoms with van der Waals surface area (Å²) in [7, 11) is 0. The van der Waals surface area contributed by atoms with E-state index < -0.39 is 0 Å². The van der Waals surface area contributed by atoms with Crippen molar-refractivity contribution in [2.45, 2.75) is 19.8 Å². The first-order valence-corrected chi connectivity index (χ1v) is 5.71. The van der Waals surface area contributed by atoms with E-state index in [0.29, 0.717) is 5.05 Å². The van der Waals surface area contributed by atoms with Crippen molar-refractivity contribution in [3.05, 3.63) is 35.9 Å². The van der Waals surface area contributed by atoms with Crippen LogP contribution in [0, 0.1) is 0 Å². The zero-order chi connectivity index (χ0) is 9.52. The summed E-state index contributed by atoms with van der Waals surface area (Å²) in [6, 6.07) is 9.73. The van der Waals surface area contributed by atoms with Gasteiger partial charge in [0.05, 0.1) is 5.05 Å². The highest BCUT2D eigenvalue weighted by atomic mass is 32.1. The maximum absolute atomic E-state index is 9.65. The second-order valence-electron chi connectivity index (χ2n) is 2.92. The average molecular weight is 196 g/mol. The van der Waals surface area contributed by atoms with E-state index in [1.165, 1.54) is 12.8 Å². The molecular formula is C11H16OS. The molecule has 0 atom stereocenters. The van der Waals surface area contributed by atoms with Crippen LogP contribution in [0.4, 0.5) is 0 Å². The summed E-state index contributed by atoms with van der Waals surface area (Å²) in [6.45, 7) is 2.16. The Bertz CT molecular complexity index is 267. The molecule has 0 radical (unpaired) electrons. The van der Waals surface area contributed by atoms with Gasteiger partial charge in [0.2, 0.25) is 0 Å². The predicted octanol–water partition coefficient (Wildman–Crippen LogP) is 2.99. The van der Waals surface area contributed by atoms with Gasteiger partial charge in [0.15, 0.2) is 0 Å². The van der Waals surface area contributed by atoms with Gasteiger partial charge in [-0.1, -0.05) is 43.7 Å². The standard InChI is InChI=1S/C11H16OS/c1-2-3-9-13-11(12)10-7-5-4-6-8-10/h4-8,12-13H,2-3,9H2,1H3. The van der Waals surface area contributed by atoms with Crippen LogP contribution < -0.4 is 0 Å². The van der Waals surface area contributed by atoms with Crippen LogP contribution in [0.5, 0.6) is 0 Å². The summed E-state index contributed by atoms with van der Waals surface area (Å²) in [6.07, 6.45) is 2.37. The highest BCUT2D eigenvalue weighted by Gasteiger charge is 1.93. The molecule has 1 N–H and O–H groups in total. The molecule has 13 heavy (non-hydrogen) atoms. The van der Waals surface area contributed by atoms with Gasteiger partial charge in [-0.05, 0) is 12.2 Å². The normalized spacial score (nSPS) is 12.3. The molecule has 0 spiro atoms. The van der Waals surface area contributed by atoms with E-state index in [1.54, 1.807) is 0 Å². The van der Waals surface area contributed by atoms with Crippen molar-refractivity contribution in [1.82, 2.24) is 0 Å². The van der Waals surface area contributed by atoms with Crippen LogP contribution in [0.25, 0.3) is 0 Å². The van der Waals surface area contributed by atoms with Crippen molar-refractivity contribution >= 4 is 16.4 Å². The Hall–Kier alpha value is -0.600. The predicted molar refractivity (Wildman–Crippen MR) is 61.9 cm³/mol. The summed E-state index contributed by atoms with van der Waals surface area (Å²) in [5, 5.41) is 10.1. The smallest absolute Gasteiger partial charge is 0.1000 e. The fourth-order valence-corrected chi connectivity index (χ4v) is 2.04. The van der Waals surface area contributed by atoms with Crippen LogP contribution in [-0.2, 0) is 0 Å². The van der Waals surface area contributed by atoms with Gasteiger partial charge < -0.3 is 5.11 Å². The number of thiol groups is 1. The number of aliphatic hydroxyl groups is 1. The average Bonchev–Trinajstić information content (AvgIpc) is 2.19. The first-order chi connectivity index (χ1) is 6.34. The zero-order valence-electron chi connectivity index (χ0n) is 7.90. The maximum atomic E-state index is 9.65. The Kier molecular flexibility index (Phi) is 4.79. The van der Waals surface area contributed by atoms with Crippen molar-refractivity contribution in [1.29, 1.82) is 0 Å². The second-order valence-corrected chi connectivity index (χ2v) is 4.11. The fourth-order valence-electron chi connectivity index (χ4n) is 1.02. The first kappa shape index (κ1) is 10.5. The molecule has 72 valence electrons. The van der Waals surface area contributed by atoms with E-state index in [2.05, 4.69) is 6.92 Å². The van der Waals surface area contributed by atoms with Gasteiger partial charge in [-0.25, -0.2) is 0 Å². The molecule has 1 nitrogen and oxygen atoms in total. The molecule has 1 aromatic carbocycles. The lowest BCUT2D eigenvalue weighted by Gasteiger charge is -1.99. The lowest BCUT2D eigenvalue weighted by atomic mass is 10.2. The Balaban J connectivity index is 2.57. The van der Waals surface area contributed by atoms with E-state index in [-0.39, 0.29) is 0 Å². The highest BCUT2D eigenvalue weighted by molar-refractivity contribution is 7.98. The number of rotatable bonds is 4. The van der Waals surface area contributed by atoms with Gasteiger partial charge in [-0.3, -0.25) is 0 Å². The van der Waals surface area contributed by atoms with Gasteiger partial charge in [0, 0.05) is 5.56 Å². The quantitative estimate of drug-likeness (QED) is 0.431. The number of benzene rings is 1. The number of hydrogen-bond acceptors (Lipinski definition) is 0. The van der Waals surface area contributed by atoms with Crippen molar-refractivity contribution < 1.29 is 5.11 Å². The van der Waals surface area contributed by atoms with E-state index in [4.69, 9.17) is 0 Å². The fraction of sp³-hybridized carbons (Fsp3) is 0.364. The highest BCUT2D eigenvalue weighted by Crippen LogP contribution is 2.05. The Morgan fingerprint density at radius 3 is 2.62 bits per heavy atom. The molecule has 0 fully saturated rings.